The van der Waals surface area contributed by atoms with Crippen LogP contribution < -0.4 is 5.73 Å². The lowest BCUT2D eigenvalue weighted by Crippen LogP contribution is -2.36. The number of hydrogen-bond acceptors (Lipinski definition) is 4. The third-order valence-electron chi connectivity index (χ3n) is 4.01. The molecule has 5 heteroatoms. The maximum absolute atomic E-state index is 5.58. The third-order valence-corrected chi connectivity index (χ3v) is 4.01. The Balaban J connectivity index is 2.00. The SMILES string of the molecule is NCCc1nc(C2(c3ccccc3)CCOCC2)n[nH]1. The van der Waals surface area contributed by atoms with Gasteiger partial charge in [-0.2, -0.15) is 5.10 Å². The molecule has 0 radical (unpaired) electrons. The zero-order valence-corrected chi connectivity index (χ0v) is 11.5. The van der Waals surface area contributed by atoms with Gasteiger partial charge in [-0.05, 0) is 24.9 Å². The van der Waals surface area contributed by atoms with Crippen LogP contribution in [0.1, 0.15) is 30.1 Å². The largest absolute Gasteiger partial charge is 0.381 e. The Morgan fingerprint density at radius 1 is 1.20 bits per heavy atom. The number of aromatic amines is 1. The quantitative estimate of drug-likeness (QED) is 0.882. The van der Waals surface area contributed by atoms with E-state index in [0.29, 0.717) is 6.54 Å². The Morgan fingerprint density at radius 2 is 1.95 bits per heavy atom. The van der Waals surface area contributed by atoms with Gasteiger partial charge in [0.1, 0.15) is 5.82 Å². The van der Waals surface area contributed by atoms with Crippen LogP contribution in [0.4, 0.5) is 0 Å². The Labute approximate surface area is 118 Å². The summed E-state index contributed by atoms with van der Waals surface area (Å²) in [7, 11) is 0. The minimum Gasteiger partial charge on any atom is -0.381 e. The molecule has 20 heavy (non-hydrogen) atoms. The molecular weight excluding hydrogens is 252 g/mol. The van der Waals surface area contributed by atoms with Crippen molar-refractivity contribution in [3.63, 3.8) is 0 Å². The van der Waals surface area contributed by atoms with E-state index in [-0.39, 0.29) is 5.41 Å². The predicted molar refractivity (Wildman–Crippen MR) is 76.4 cm³/mol. The normalized spacial score (nSPS) is 18.1. The van der Waals surface area contributed by atoms with Crippen LogP contribution in [-0.4, -0.2) is 34.9 Å². The Morgan fingerprint density at radius 3 is 2.65 bits per heavy atom. The molecule has 2 aromatic rings. The smallest absolute Gasteiger partial charge is 0.161 e. The van der Waals surface area contributed by atoms with Gasteiger partial charge < -0.3 is 10.5 Å². The summed E-state index contributed by atoms with van der Waals surface area (Å²) in [5, 5.41) is 7.48. The van der Waals surface area contributed by atoms with Crippen LogP contribution in [0.2, 0.25) is 0 Å². The highest BCUT2D eigenvalue weighted by Gasteiger charge is 2.39. The number of H-pyrrole nitrogens is 1. The molecule has 0 amide bonds. The molecule has 1 aromatic heterocycles. The van der Waals surface area contributed by atoms with Crippen molar-refractivity contribution in [3.8, 4) is 0 Å². The lowest BCUT2D eigenvalue weighted by atomic mass is 9.73. The number of nitrogens with one attached hydrogen (secondary N) is 1. The van der Waals surface area contributed by atoms with E-state index < -0.39 is 0 Å². The number of rotatable bonds is 4. The van der Waals surface area contributed by atoms with Crippen LogP contribution in [0.15, 0.2) is 30.3 Å². The van der Waals surface area contributed by atoms with E-state index in [1.54, 1.807) is 0 Å². The third kappa shape index (κ3) is 2.34. The summed E-state index contributed by atoms with van der Waals surface area (Å²) in [6.45, 7) is 2.07. The number of aromatic nitrogens is 3. The highest BCUT2D eigenvalue weighted by atomic mass is 16.5. The van der Waals surface area contributed by atoms with E-state index in [1.807, 2.05) is 6.07 Å². The van der Waals surface area contributed by atoms with E-state index in [0.717, 1.165) is 44.1 Å². The summed E-state index contributed by atoms with van der Waals surface area (Å²) >= 11 is 0. The summed E-state index contributed by atoms with van der Waals surface area (Å²) in [6.07, 6.45) is 2.56. The predicted octanol–water partition coefficient (Wildman–Crippen LogP) is 1.40. The average molecular weight is 272 g/mol. The van der Waals surface area contributed by atoms with Crippen LogP contribution in [0, 0.1) is 0 Å². The lowest BCUT2D eigenvalue weighted by molar-refractivity contribution is 0.0605. The molecule has 2 heterocycles. The molecule has 0 atom stereocenters. The molecule has 3 N–H and O–H groups in total. The van der Waals surface area contributed by atoms with Crippen molar-refractivity contribution in [1.82, 2.24) is 15.2 Å². The molecule has 0 bridgehead atoms. The molecule has 3 rings (SSSR count). The van der Waals surface area contributed by atoms with Crippen molar-refractivity contribution >= 4 is 0 Å². The summed E-state index contributed by atoms with van der Waals surface area (Å²) in [6, 6.07) is 10.5. The van der Waals surface area contributed by atoms with Crippen molar-refractivity contribution in [2.24, 2.45) is 5.73 Å². The maximum Gasteiger partial charge on any atom is 0.161 e. The number of nitrogens with two attached hydrogens (primary N) is 1. The summed E-state index contributed by atoms with van der Waals surface area (Å²) in [5.41, 5.74) is 6.71. The first-order valence-corrected chi connectivity index (χ1v) is 7.10. The molecule has 0 aliphatic carbocycles. The number of nitrogens with zero attached hydrogens (tertiary/aromatic N) is 2. The first-order valence-electron chi connectivity index (χ1n) is 7.10. The van der Waals surface area contributed by atoms with Crippen LogP contribution in [0.25, 0.3) is 0 Å². The second-order valence-corrected chi connectivity index (χ2v) is 5.20. The van der Waals surface area contributed by atoms with Crippen LogP contribution in [0.5, 0.6) is 0 Å². The van der Waals surface area contributed by atoms with Crippen LogP contribution in [-0.2, 0) is 16.6 Å². The summed E-state index contributed by atoms with van der Waals surface area (Å²) in [5.74, 6) is 1.74. The fourth-order valence-electron chi connectivity index (χ4n) is 2.88. The second-order valence-electron chi connectivity index (χ2n) is 5.20. The first kappa shape index (κ1) is 13.3. The van der Waals surface area contributed by atoms with Gasteiger partial charge in [0.15, 0.2) is 5.82 Å². The lowest BCUT2D eigenvalue weighted by Gasteiger charge is -2.35. The fraction of sp³-hybridized carbons (Fsp3) is 0.467. The van der Waals surface area contributed by atoms with Gasteiger partial charge in [0, 0.05) is 19.6 Å². The fourth-order valence-corrected chi connectivity index (χ4v) is 2.88. The van der Waals surface area contributed by atoms with Gasteiger partial charge in [-0.3, -0.25) is 5.10 Å². The summed E-state index contributed by atoms with van der Waals surface area (Å²) in [4.78, 5) is 4.67. The van der Waals surface area contributed by atoms with Crippen molar-refractivity contribution in [2.75, 3.05) is 19.8 Å². The highest BCUT2D eigenvalue weighted by molar-refractivity contribution is 5.33. The molecule has 106 valence electrons. The molecular formula is C15H20N4O. The molecule has 5 nitrogen and oxygen atoms in total. The Bertz CT molecular complexity index is 546. The van der Waals surface area contributed by atoms with Gasteiger partial charge in [-0.1, -0.05) is 30.3 Å². The monoisotopic (exact) mass is 272 g/mol. The van der Waals surface area contributed by atoms with E-state index in [1.165, 1.54) is 5.56 Å². The van der Waals surface area contributed by atoms with E-state index in [2.05, 4.69) is 39.4 Å². The molecule has 1 saturated heterocycles. The van der Waals surface area contributed by atoms with Crippen LogP contribution >= 0.6 is 0 Å². The average Bonchev–Trinajstić information content (AvgIpc) is 2.98. The van der Waals surface area contributed by atoms with Gasteiger partial charge in [-0.15, -0.1) is 0 Å². The molecule has 1 fully saturated rings. The molecule has 0 unspecified atom stereocenters. The minimum absolute atomic E-state index is 0.136. The number of hydrogen-bond donors (Lipinski definition) is 2. The molecule has 0 saturated carbocycles. The Kier molecular flexibility index (Phi) is 3.80. The number of benzene rings is 1. The van der Waals surface area contributed by atoms with Gasteiger partial charge in [0.25, 0.3) is 0 Å². The standard InChI is InChI=1S/C15H20N4O/c16-9-6-13-17-14(19-18-13)15(7-10-20-11-8-15)12-4-2-1-3-5-12/h1-5H,6-11,16H2,(H,17,18,19). The highest BCUT2D eigenvalue weighted by Crippen LogP contribution is 2.39. The molecule has 1 aliphatic heterocycles. The van der Waals surface area contributed by atoms with Crippen molar-refractivity contribution in [1.29, 1.82) is 0 Å². The van der Waals surface area contributed by atoms with E-state index >= 15 is 0 Å². The van der Waals surface area contributed by atoms with Gasteiger partial charge >= 0.3 is 0 Å². The second kappa shape index (κ2) is 5.73. The van der Waals surface area contributed by atoms with Gasteiger partial charge in [0.2, 0.25) is 0 Å². The van der Waals surface area contributed by atoms with E-state index in [9.17, 15) is 0 Å². The van der Waals surface area contributed by atoms with Crippen LogP contribution in [0.3, 0.4) is 0 Å². The number of ether oxygens (including phenoxy) is 1. The summed E-state index contributed by atoms with van der Waals surface area (Å²) < 4.78 is 5.54. The van der Waals surface area contributed by atoms with Crippen molar-refractivity contribution < 1.29 is 4.74 Å². The van der Waals surface area contributed by atoms with Gasteiger partial charge in [0.05, 0.1) is 5.41 Å². The first-order chi connectivity index (χ1) is 9.85. The molecule has 0 spiro atoms. The maximum atomic E-state index is 5.58. The van der Waals surface area contributed by atoms with Crippen molar-refractivity contribution in [3.05, 3.63) is 47.5 Å². The van der Waals surface area contributed by atoms with Gasteiger partial charge in [-0.25, -0.2) is 4.98 Å². The minimum atomic E-state index is -0.136. The topological polar surface area (TPSA) is 76.8 Å². The zero-order valence-electron chi connectivity index (χ0n) is 11.5. The molecule has 1 aliphatic rings. The molecule has 1 aromatic carbocycles. The Hall–Kier alpha value is -1.72. The van der Waals surface area contributed by atoms with E-state index in [4.69, 9.17) is 10.5 Å². The van der Waals surface area contributed by atoms with Crippen molar-refractivity contribution in [2.45, 2.75) is 24.7 Å². The zero-order chi connectivity index (χ0) is 13.8.